The SMILES string of the molecule is Cc1ccc(NC(=O)C(=O)[C@@H](C#N)c2c(Cl)cccc2Cl)c(C)c1. The van der Waals surface area contributed by atoms with E-state index in [0.29, 0.717) is 5.69 Å². The van der Waals surface area contributed by atoms with E-state index in [1.807, 2.05) is 32.0 Å². The molecule has 0 saturated carbocycles. The van der Waals surface area contributed by atoms with Crippen LogP contribution < -0.4 is 5.32 Å². The van der Waals surface area contributed by atoms with Crippen molar-refractivity contribution < 1.29 is 9.59 Å². The number of hydrogen-bond acceptors (Lipinski definition) is 3. The van der Waals surface area contributed by atoms with E-state index >= 15 is 0 Å². The Labute approximate surface area is 150 Å². The number of halogens is 2. The highest BCUT2D eigenvalue weighted by Crippen LogP contribution is 2.32. The van der Waals surface area contributed by atoms with E-state index in [0.717, 1.165) is 11.1 Å². The van der Waals surface area contributed by atoms with Gasteiger partial charge in [0.05, 0.1) is 6.07 Å². The topological polar surface area (TPSA) is 70.0 Å². The lowest BCUT2D eigenvalue weighted by Crippen LogP contribution is -2.28. The average Bonchev–Trinajstić information content (AvgIpc) is 2.53. The molecule has 0 saturated heterocycles. The van der Waals surface area contributed by atoms with Crippen LogP contribution in [-0.4, -0.2) is 11.7 Å². The highest BCUT2D eigenvalue weighted by atomic mass is 35.5. The lowest BCUT2D eigenvalue weighted by molar-refractivity contribution is -0.135. The number of rotatable bonds is 4. The zero-order chi connectivity index (χ0) is 17.9. The van der Waals surface area contributed by atoms with E-state index in [2.05, 4.69) is 5.32 Å². The first-order valence-corrected chi connectivity index (χ1v) is 7.86. The molecule has 0 radical (unpaired) electrons. The maximum Gasteiger partial charge on any atom is 0.293 e. The second-order valence-electron chi connectivity index (χ2n) is 5.33. The maximum absolute atomic E-state index is 12.4. The molecule has 4 nitrogen and oxygen atoms in total. The number of benzene rings is 2. The van der Waals surface area contributed by atoms with E-state index in [1.54, 1.807) is 12.1 Å². The van der Waals surface area contributed by atoms with Gasteiger partial charge in [-0.25, -0.2) is 0 Å². The maximum atomic E-state index is 12.4. The Hall–Kier alpha value is -2.35. The van der Waals surface area contributed by atoms with Crippen molar-refractivity contribution in [2.24, 2.45) is 0 Å². The van der Waals surface area contributed by atoms with Gasteiger partial charge in [0.25, 0.3) is 5.91 Å². The lowest BCUT2D eigenvalue weighted by Gasteiger charge is -2.13. The van der Waals surface area contributed by atoms with Gasteiger partial charge in [-0.1, -0.05) is 47.0 Å². The third kappa shape index (κ3) is 3.76. The minimum atomic E-state index is -1.36. The van der Waals surface area contributed by atoms with E-state index in [4.69, 9.17) is 23.2 Å². The fraction of sp³-hybridized carbons (Fsp3) is 0.167. The summed E-state index contributed by atoms with van der Waals surface area (Å²) in [5, 5.41) is 12.2. The summed E-state index contributed by atoms with van der Waals surface area (Å²) in [6.07, 6.45) is 0. The number of anilines is 1. The van der Waals surface area contributed by atoms with Crippen molar-refractivity contribution >= 4 is 40.6 Å². The fourth-order valence-electron chi connectivity index (χ4n) is 2.31. The van der Waals surface area contributed by atoms with Crippen LogP contribution in [0.25, 0.3) is 0 Å². The van der Waals surface area contributed by atoms with Gasteiger partial charge < -0.3 is 5.32 Å². The highest BCUT2D eigenvalue weighted by molar-refractivity contribution is 6.44. The third-order valence-electron chi connectivity index (χ3n) is 3.53. The first-order chi connectivity index (χ1) is 11.3. The monoisotopic (exact) mass is 360 g/mol. The van der Waals surface area contributed by atoms with Gasteiger partial charge in [-0.05, 0) is 37.6 Å². The summed E-state index contributed by atoms with van der Waals surface area (Å²) in [5.74, 6) is -3.16. The van der Waals surface area contributed by atoms with E-state index in [-0.39, 0.29) is 15.6 Å². The molecule has 0 aromatic heterocycles. The van der Waals surface area contributed by atoms with Crippen LogP contribution >= 0.6 is 23.2 Å². The fourth-order valence-corrected chi connectivity index (χ4v) is 2.93. The van der Waals surface area contributed by atoms with E-state index in [1.165, 1.54) is 12.1 Å². The van der Waals surface area contributed by atoms with Crippen LogP contribution in [0.2, 0.25) is 10.0 Å². The molecule has 0 bridgehead atoms. The van der Waals surface area contributed by atoms with Crippen molar-refractivity contribution in [1.29, 1.82) is 5.26 Å². The summed E-state index contributed by atoms with van der Waals surface area (Å²) in [6, 6.07) is 11.9. The van der Waals surface area contributed by atoms with Gasteiger partial charge in [0.1, 0.15) is 5.92 Å². The Balaban J connectivity index is 2.29. The number of aryl methyl sites for hydroxylation is 2. The molecule has 0 aliphatic heterocycles. The summed E-state index contributed by atoms with van der Waals surface area (Å²) in [4.78, 5) is 24.7. The van der Waals surface area contributed by atoms with Crippen LogP contribution in [0.5, 0.6) is 0 Å². The van der Waals surface area contributed by atoms with Crippen molar-refractivity contribution in [3.63, 3.8) is 0 Å². The first-order valence-electron chi connectivity index (χ1n) is 7.11. The molecule has 122 valence electrons. The van der Waals surface area contributed by atoms with Crippen molar-refractivity contribution in [3.8, 4) is 6.07 Å². The van der Waals surface area contributed by atoms with Crippen LogP contribution in [0.1, 0.15) is 22.6 Å². The normalized spacial score (nSPS) is 11.5. The van der Waals surface area contributed by atoms with E-state index in [9.17, 15) is 14.9 Å². The molecule has 2 aromatic rings. The van der Waals surface area contributed by atoms with Gasteiger partial charge in [0.15, 0.2) is 0 Å². The van der Waals surface area contributed by atoms with Crippen LogP contribution in [-0.2, 0) is 9.59 Å². The number of hydrogen-bond donors (Lipinski definition) is 1. The molecule has 0 aliphatic rings. The van der Waals surface area contributed by atoms with Crippen LogP contribution in [0.15, 0.2) is 36.4 Å². The minimum absolute atomic E-state index is 0.143. The summed E-state index contributed by atoms with van der Waals surface area (Å²) in [5.41, 5.74) is 2.51. The van der Waals surface area contributed by atoms with Gasteiger partial charge >= 0.3 is 0 Å². The Morgan fingerprint density at radius 3 is 2.29 bits per heavy atom. The number of Topliss-reactive ketones (excluding diaryl/α,β-unsaturated/α-hetero) is 1. The molecule has 1 N–H and O–H groups in total. The minimum Gasteiger partial charge on any atom is -0.319 e. The number of carbonyl (C=O) groups is 2. The molecular formula is C18H14Cl2N2O2. The second-order valence-corrected chi connectivity index (χ2v) is 6.15. The van der Waals surface area contributed by atoms with Crippen molar-refractivity contribution in [3.05, 3.63) is 63.1 Å². The highest BCUT2D eigenvalue weighted by Gasteiger charge is 2.30. The van der Waals surface area contributed by atoms with Crippen molar-refractivity contribution in [2.45, 2.75) is 19.8 Å². The Kier molecular flexibility index (Phi) is 5.61. The van der Waals surface area contributed by atoms with Crippen LogP contribution in [0, 0.1) is 25.2 Å². The van der Waals surface area contributed by atoms with Crippen LogP contribution in [0.4, 0.5) is 5.69 Å². The van der Waals surface area contributed by atoms with Gasteiger partial charge in [-0.2, -0.15) is 5.26 Å². The Bertz CT molecular complexity index is 836. The van der Waals surface area contributed by atoms with Gasteiger partial charge in [0.2, 0.25) is 5.78 Å². The quantitative estimate of drug-likeness (QED) is 0.820. The smallest absolute Gasteiger partial charge is 0.293 e. The largest absolute Gasteiger partial charge is 0.319 e. The molecule has 1 amide bonds. The molecular weight excluding hydrogens is 347 g/mol. The predicted molar refractivity (Wildman–Crippen MR) is 94.4 cm³/mol. The molecule has 6 heteroatoms. The molecule has 0 heterocycles. The van der Waals surface area contributed by atoms with E-state index < -0.39 is 17.6 Å². The second kappa shape index (κ2) is 7.48. The van der Waals surface area contributed by atoms with Crippen LogP contribution in [0.3, 0.4) is 0 Å². The standard InChI is InChI=1S/C18H14Cl2N2O2/c1-10-6-7-15(11(2)8-10)22-18(24)17(23)12(9-21)16-13(19)4-3-5-14(16)20/h3-8,12H,1-2H3,(H,22,24)/t12-/m0/s1. The summed E-state index contributed by atoms with van der Waals surface area (Å²) in [7, 11) is 0. The molecule has 2 aromatic carbocycles. The Morgan fingerprint density at radius 2 is 1.75 bits per heavy atom. The molecule has 0 aliphatic carbocycles. The molecule has 24 heavy (non-hydrogen) atoms. The Morgan fingerprint density at radius 1 is 1.12 bits per heavy atom. The van der Waals surface area contributed by atoms with Gasteiger partial charge in [0, 0.05) is 21.3 Å². The first kappa shape index (κ1) is 18.0. The number of nitrogens with zero attached hydrogens (tertiary/aromatic N) is 1. The van der Waals surface area contributed by atoms with Crippen molar-refractivity contribution in [1.82, 2.24) is 0 Å². The zero-order valence-corrected chi connectivity index (χ0v) is 14.6. The third-order valence-corrected chi connectivity index (χ3v) is 4.19. The number of nitriles is 1. The molecule has 0 unspecified atom stereocenters. The number of carbonyl (C=O) groups excluding carboxylic acids is 2. The number of ketones is 1. The molecule has 1 atom stereocenters. The molecule has 0 spiro atoms. The van der Waals surface area contributed by atoms with Crippen molar-refractivity contribution in [2.75, 3.05) is 5.32 Å². The lowest BCUT2D eigenvalue weighted by atomic mass is 9.95. The van der Waals surface area contributed by atoms with Gasteiger partial charge in [-0.15, -0.1) is 0 Å². The summed E-state index contributed by atoms with van der Waals surface area (Å²) < 4.78 is 0. The number of nitrogens with one attached hydrogen (secondary N) is 1. The molecule has 0 fully saturated rings. The molecule has 2 rings (SSSR count). The number of amides is 1. The zero-order valence-electron chi connectivity index (χ0n) is 13.1. The average molecular weight is 361 g/mol. The van der Waals surface area contributed by atoms with Gasteiger partial charge in [-0.3, -0.25) is 9.59 Å². The predicted octanol–water partition coefficient (Wildman–Crippen LogP) is 4.43. The summed E-state index contributed by atoms with van der Waals surface area (Å²) in [6.45, 7) is 3.74. The summed E-state index contributed by atoms with van der Waals surface area (Å²) >= 11 is 12.1.